The summed E-state index contributed by atoms with van der Waals surface area (Å²) in [4.78, 5) is 0. The van der Waals surface area contributed by atoms with Gasteiger partial charge in [-0.3, -0.25) is 0 Å². The first-order valence-corrected chi connectivity index (χ1v) is 9.66. The lowest BCUT2D eigenvalue weighted by molar-refractivity contribution is -0.00100. The van der Waals surface area contributed by atoms with Gasteiger partial charge in [-0.05, 0) is 12.8 Å². The van der Waals surface area contributed by atoms with E-state index in [1.807, 2.05) is 0 Å². The van der Waals surface area contributed by atoms with Gasteiger partial charge < -0.3 is 34.0 Å². The van der Waals surface area contributed by atoms with E-state index in [2.05, 4.69) is 27.2 Å². The van der Waals surface area contributed by atoms with E-state index in [1.54, 1.807) is 5.90 Å². The maximum absolute atomic E-state index is 2.51. The van der Waals surface area contributed by atoms with E-state index in [1.165, 1.54) is 25.2 Å². The largest absolute Gasteiger partial charge is 1.00 e. The first-order chi connectivity index (χ1) is 5.20. The summed E-state index contributed by atoms with van der Waals surface area (Å²) >= 11 is 0. The van der Waals surface area contributed by atoms with Crippen LogP contribution in [0, 0.1) is 0 Å². The number of halogens is 2. The van der Waals surface area contributed by atoms with Crippen LogP contribution >= 0.6 is 15.8 Å². The van der Waals surface area contributed by atoms with E-state index in [0.717, 1.165) is 0 Å². The molecule has 0 aromatic rings. The zero-order valence-electron chi connectivity index (χ0n) is 9.29. The van der Waals surface area contributed by atoms with Crippen molar-refractivity contribution < 1.29 is 34.0 Å². The minimum absolute atomic E-state index is 0. The molecule has 4 heteroatoms. The van der Waals surface area contributed by atoms with Gasteiger partial charge in [-0.1, -0.05) is 13.8 Å². The van der Waals surface area contributed by atoms with E-state index >= 15 is 0 Å². The van der Waals surface area contributed by atoms with Crippen molar-refractivity contribution in [2.24, 2.45) is 0 Å². The minimum atomic E-state index is 0. The maximum atomic E-state index is 2.51. The molecule has 0 aromatic carbocycles. The summed E-state index contributed by atoms with van der Waals surface area (Å²) in [5.41, 5.74) is 0. The number of hydrogen-bond acceptors (Lipinski definition) is 0. The molecule has 0 aliphatic carbocycles. The Morgan fingerprint density at radius 1 is 0.769 bits per heavy atom. The van der Waals surface area contributed by atoms with E-state index in [4.69, 9.17) is 0 Å². The summed E-state index contributed by atoms with van der Waals surface area (Å²) < 4.78 is 0. The molecule has 0 saturated heterocycles. The Morgan fingerprint density at radius 2 is 1.08 bits per heavy atom. The lowest BCUT2D eigenvalue weighted by Crippen LogP contribution is -3.00. The monoisotopic (exact) mass is 352 g/mol. The molecule has 0 nitrogen and oxygen atoms in total. The normalized spacial score (nSPS) is 13.8. The molecule has 0 aliphatic heterocycles. The van der Waals surface area contributed by atoms with Gasteiger partial charge in [0.15, 0.2) is 5.90 Å². The molecular formula is C9H24Br2P2. The molecule has 0 saturated carbocycles. The Morgan fingerprint density at radius 3 is 1.31 bits per heavy atom. The minimum Gasteiger partial charge on any atom is -1.00 e. The summed E-state index contributed by atoms with van der Waals surface area (Å²) in [6.45, 7) is 9.65. The van der Waals surface area contributed by atoms with Crippen molar-refractivity contribution in [1.82, 2.24) is 0 Å². The smallest absolute Gasteiger partial charge is 0.154 e. The van der Waals surface area contributed by atoms with Crippen LogP contribution in [-0.2, 0) is 0 Å². The Balaban J connectivity index is -0.000000500. The lowest BCUT2D eigenvalue weighted by Gasteiger charge is -2.04. The zero-order valence-corrected chi connectivity index (χ0v) is 14.5. The fourth-order valence-electron chi connectivity index (χ4n) is 1.55. The van der Waals surface area contributed by atoms with Crippen LogP contribution in [-0.4, -0.2) is 31.6 Å². The molecule has 84 valence electrons. The SMILES string of the molecule is CCC[PH+](C)C[PH+](C)CCC.[Br-].[Br-]. The van der Waals surface area contributed by atoms with E-state index in [9.17, 15) is 0 Å². The average Bonchev–Trinajstić information content (AvgIpc) is 1.87. The van der Waals surface area contributed by atoms with E-state index in [0.29, 0.717) is 0 Å². The van der Waals surface area contributed by atoms with E-state index < -0.39 is 0 Å². The highest BCUT2D eigenvalue weighted by Gasteiger charge is 2.17. The molecule has 0 rings (SSSR count). The third kappa shape index (κ3) is 13.8. The van der Waals surface area contributed by atoms with Gasteiger partial charge in [0.05, 0.1) is 25.7 Å². The predicted octanol–water partition coefficient (Wildman–Crippen LogP) is -2.54. The van der Waals surface area contributed by atoms with Crippen LogP contribution in [0.15, 0.2) is 0 Å². The Hall–Kier alpha value is 1.82. The average molecular weight is 354 g/mol. The zero-order chi connectivity index (χ0) is 8.69. The highest BCUT2D eigenvalue weighted by molar-refractivity contribution is 7.73. The summed E-state index contributed by atoms with van der Waals surface area (Å²) in [5.74, 6) is 1.64. The van der Waals surface area contributed by atoms with Gasteiger partial charge in [0.25, 0.3) is 0 Å². The van der Waals surface area contributed by atoms with Gasteiger partial charge in [-0.15, -0.1) is 0 Å². The molecule has 2 unspecified atom stereocenters. The second-order valence-corrected chi connectivity index (χ2v) is 9.83. The topological polar surface area (TPSA) is 0 Å². The van der Waals surface area contributed by atoms with Crippen LogP contribution in [0.3, 0.4) is 0 Å². The summed E-state index contributed by atoms with van der Waals surface area (Å²) in [6.07, 6.45) is 5.89. The van der Waals surface area contributed by atoms with Crippen LogP contribution < -0.4 is 34.0 Å². The Labute approximate surface area is 108 Å². The Bertz CT molecular complexity index is 81.7. The maximum Gasteiger partial charge on any atom is 0.154 e. The van der Waals surface area contributed by atoms with Crippen LogP contribution in [0.25, 0.3) is 0 Å². The quantitative estimate of drug-likeness (QED) is 0.462. The van der Waals surface area contributed by atoms with Gasteiger partial charge in [0.1, 0.15) is 0 Å². The van der Waals surface area contributed by atoms with Crippen molar-refractivity contribution in [3.8, 4) is 0 Å². The van der Waals surface area contributed by atoms with Crippen LogP contribution in [0.2, 0.25) is 0 Å². The molecule has 13 heavy (non-hydrogen) atoms. The van der Waals surface area contributed by atoms with Crippen molar-refractivity contribution in [3.63, 3.8) is 0 Å². The van der Waals surface area contributed by atoms with Crippen LogP contribution in [0.5, 0.6) is 0 Å². The van der Waals surface area contributed by atoms with E-state index in [-0.39, 0.29) is 49.8 Å². The van der Waals surface area contributed by atoms with Crippen molar-refractivity contribution in [2.45, 2.75) is 26.7 Å². The molecule has 0 N–H and O–H groups in total. The second kappa shape index (κ2) is 13.8. The van der Waals surface area contributed by atoms with Crippen molar-refractivity contribution in [3.05, 3.63) is 0 Å². The first-order valence-electron chi connectivity index (χ1n) is 4.83. The first kappa shape index (κ1) is 20.3. The third-order valence-electron chi connectivity index (χ3n) is 1.96. The van der Waals surface area contributed by atoms with Gasteiger partial charge in [0, 0.05) is 15.8 Å². The molecule has 0 heterocycles. The molecule has 2 atom stereocenters. The van der Waals surface area contributed by atoms with Crippen molar-refractivity contribution in [1.29, 1.82) is 0 Å². The van der Waals surface area contributed by atoms with Crippen molar-refractivity contribution >= 4 is 15.8 Å². The summed E-state index contributed by atoms with van der Waals surface area (Å²) in [7, 11) is 0.167. The lowest BCUT2D eigenvalue weighted by atomic mass is 10.6. The summed E-state index contributed by atoms with van der Waals surface area (Å²) in [6, 6.07) is 0. The second-order valence-electron chi connectivity index (χ2n) is 3.59. The van der Waals surface area contributed by atoms with Crippen molar-refractivity contribution in [2.75, 3.05) is 31.6 Å². The molecule has 0 amide bonds. The highest BCUT2D eigenvalue weighted by Crippen LogP contribution is 2.46. The molecule has 0 radical (unpaired) electrons. The van der Waals surface area contributed by atoms with Gasteiger partial charge in [0.2, 0.25) is 0 Å². The predicted molar refractivity (Wildman–Crippen MR) is 63.7 cm³/mol. The summed E-state index contributed by atoms with van der Waals surface area (Å²) in [5, 5.41) is 0. The fraction of sp³-hybridized carbons (Fsp3) is 1.00. The molecular weight excluding hydrogens is 330 g/mol. The van der Waals surface area contributed by atoms with Gasteiger partial charge in [-0.25, -0.2) is 0 Å². The van der Waals surface area contributed by atoms with Gasteiger partial charge >= 0.3 is 0 Å². The van der Waals surface area contributed by atoms with Gasteiger partial charge in [-0.2, -0.15) is 0 Å². The molecule has 0 bridgehead atoms. The fourth-order valence-corrected chi connectivity index (χ4v) is 8.79. The van der Waals surface area contributed by atoms with Crippen LogP contribution in [0.4, 0.5) is 0 Å². The molecule has 0 fully saturated rings. The standard InChI is InChI=1S/C9H22P2.2BrH/c1-5-7-10(3)9-11(4)8-6-2;;/h5-9H2,1-4H3;2*1H. The highest BCUT2D eigenvalue weighted by atomic mass is 79.9. The molecule has 0 aliphatic rings. The number of hydrogen-bond donors (Lipinski definition) is 0. The third-order valence-corrected chi connectivity index (χ3v) is 9.49. The van der Waals surface area contributed by atoms with Crippen LogP contribution in [0.1, 0.15) is 26.7 Å². The Kier molecular flexibility index (Phi) is 21.5. The molecule has 0 spiro atoms. The molecule has 0 aromatic heterocycles. The number of rotatable bonds is 6.